The van der Waals surface area contributed by atoms with Gasteiger partial charge in [-0.15, -0.1) is 0 Å². The number of carbonyl (C=O) groups is 1. The highest BCUT2D eigenvalue weighted by atomic mass is 35.5. The van der Waals surface area contributed by atoms with Crippen LogP contribution < -0.4 is 5.43 Å². The lowest BCUT2D eigenvalue weighted by atomic mass is 10.1. The fourth-order valence-electron chi connectivity index (χ4n) is 2.20. The molecule has 0 fully saturated rings. The summed E-state index contributed by atoms with van der Waals surface area (Å²) < 4.78 is 1.80. The molecular formula is C18H15ClN4O. The maximum atomic E-state index is 12.2. The molecule has 0 bridgehead atoms. The van der Waals surface area contributed by atoms with Crippen LogP contribution >= 0.6 is 11.6 Å². The van der Waals surface area contributed by atoms with E-state index in [4.69, 9.17) is 11.6 Å². The van der Waals surface area contributed by atoms with Crippen LogP contribution in [-0.4, -0.2) is 21.9 Å². The Hall–Kier alpha value is -2.92. The lowest BCUT2D eigenvalue weighted by Crippen LogP contribution is -2.18. The van der Waals surface area contributed by atoms with Crippen LogP contribution in [0.15, 0.2) is 72.1 Å². The highest BCUT2D eigenvalue weighted by molar-refractivity contribution is 6.33. The van der Waals surface area contributed by atoms with E-state index in [1.807, 2.05) is 48.7 Å². The average Bonchev–Trinajstić information content (AvgIpc) is 3.10. The molecule has 1 aromatic heterocycles. The van der Waals surface area contributed by atoms with Gasteiger partial charge in [-0.1, -0.05) is 41.9 Å². The van der Waals surface area contributed by atoms with Crippen molar-refractivity contribution in [1.82, 2.24) is 15.2 Å². The van der Waals surface area contributed by atoms with E-state index in [9.17, 15) is 4.79 Å². The van der Waals surface area contributed by atoms with Gasteiger partial charge in [0.15, 0.2) is 0 Å². The molecule has 3 aromatic rings. The van der Waals surface area contributed by atoms with Crippen molar-refractivity contribution in [2.24, 2.45) is 5.10 Å². The van der Waals surface area contributed by atoms with Gasteiger partial charge >= 0.3 is 0 Å². The molecule has 1 heterocycles. The van der Waals surface area contributed by atoms with Crippen molar-refractivity contribution < 1.29 is 4.79 Å². The first-order chi connectivity index (χ1) is 11.7. The number of nitrogens with zero attached hydrogens (tertiary/aromatic N) is 3. The summed E-state index contributed by atoms with van der Waals surface area (Å²) >= 11 is 6.03. The fourth-order valence-corrected chi connectivity index (χ4v) is 2.38. The van der Waals surface area contributed by atoms with Gasteiger partial charge in [-0.05, 0) is 29.8 Å². The second-order valence-corrected chi connectivity index (χ2v) is 5.53. The predicted molar refractivity (Wildman–Crippen MR) is 94.3 cm³/mol. The van der Waals surface area contributed by atoms with E-state index in [2.05, 4.69) is 15.6 Å². The molecule has 1 amide bonds. The number of aromatic nitrogens is 2. The summed E-state index contributed by atoms with van der Waals surface area (Å²) in [6.45, 7) is 0.608. The molecule has 0 aliphatic carbocycles. The van der Waals surface area contributed by atoms with E-state index in [0.29, 0.717) is 17.1 Å². The second kappa shape index (κ2) is 7.57. The highest BCUT2D eigenvalue weighted by Gasteiger charge is 2.05. The average molecular weight is 339 g/mol. The smallest absolute Gasteiger partial charge is 0.268 e. The Morgan fingerprint density at radius 1 is 1.21 bits per heavy atom. The molecule has 24 heavy (non-hydrogen) atoms. The molecule has 0 radical (unpaired) electrons. The molecule has 5 nitrogen and oxygen atoms in total. The molecule has 1 N–H and O–H groups in total. The van der Waals surface area contributed by atoms with Crippen molar-refractivity contribution in [2.75, 3.05) is 0 Å². The van der Waals surface area contributed by atoms with Crippen molar-refractivity contribution in [3.63, 3.8) is 0 Å². The van der Waals surface area contributed by atoms with Crippen molar-refractivity contribution >= 4 is 23.7 Å². The first kappa shape index (κ1) is 16.0. The van der Waals surface area contributed by atoms with Gasteiger partial charge in [-0.2, -0.15) is 10.2 Å². The van der Waals surface area contributed by atoms with Gasteiger partial charge in [0.2, 0.25) is 0 Å². The molecule has 6 heteroatoms. The monoisotopic (exact) mass is 338 g/mol. The zero-order chi connectivity index (χ0) is 16.8. The molecule has 2 aromatic carbocycles. The van der Waals surface area contributed by atoms with Gasteiger partial charge in [0.25, 0.3) is 5.91 Å². The van der Waals surface area contributed by atoms with Crippen LogP contribution in [0.25, 0.3) is 0 Å². The summed E-state index contributed by atoms with van der Waals surface area (Å²) in [5, 5.41) is 8.70. The third-order valence-electron chi connectivity index (χ3n) is 3.37. The van der Waals surface area contributed by atoms with Gasteiger partial charge in [-0.25, -0.2) is 5.43 Å². The number of hydrogen-bond donors (Lipinski definition) is 1. The third-order valence-corrected chi connectivity index (χ3v) is 3.71. The summed E-state index contributed by atoms with van der Waals surface area (Å²) in [6, 6.07) is 16.5. The lowest BCUT2D eigenvalue weighted by Gasteiger charge is -2.05. The van der Waals surface area contributed by atoms with Gasteiger partial charge in [0, 0.05) is 28.5 Å². The van der Waals surface area contributed by atoms with Crippen LogP contribution in [0.3, 0.4) is 0 Å². The number of halogens is 1. The maximum absolute atomic E-state index is 12.2. The van der Waals surface area contributed by atoms with Crippen molar-refractivity contribution in [1.29, 1.82) is 0 Å². The molecule has 0 atom stereocenters. The molecule has 0 saturated heterocycles. The molecule has 120 valence electrons. The molecule has 0 aliphatic rings. The van der Waals surface area contributed by atoms with Crippen LogP contribution in [0.5, 0.6) is 0 Å². The van der Waals surface area contributed by atoms with Crippen LogP contribution in [-0.2, 0) is 6.54 Å². The van der Waals surface area contributed by atoms with Crippen molar-refractivity contribution in [3.8, 4) is 0 Å². The Kier molecular flexibility index (Phi) is 5.03. The lowest BCUT2D eigenvalue weighted by molar-refractivity contribution is 0.0955. The Balaban J connectivity index is 1.66. The number of amides is 1. The van der Waals surface area contributed by atoms with Crippen molar-refractivity contribution in [3.05, 3.63) is 88.7 Å². The molecule has 0 unspecified atom stereocenters. The molecule has 0 aliphatic heterocycles. The predicted octanol–water partition coefficient (Wildman–Crippen LogP) is 3.35. The Morgan fingerprint density at radius 3 is 2.88 bits per heavy atom. The highest BCUT2D eigenvalue weighted by Crippen LogP contribution is 2.12. The number of benzene rings is 2. The topological polar surface area (TPSA) is 59.3 Å². The van der Waals surface area contributed by atoms with Gasteiger partial charge < -0.3 is 0 Å². The van der Waals surface area contributed by atoms with Crippen LogP contribution in [0, 0.1) is 0 Å². The fraction of sp³-hybridized carbons (Fsp3) is 0.0556. The van der Waals surface area contributed by atoms with Gasteiger partial charge in [-0.3, -0.25) is 9.48 Å². The maximum Gasteiger partial charge on any atom is 0.271 e. The van der Waals surface area contributed by atoms with E-state index < -0.39 is 0 Å². The number of hydrazone groups is 1. The second-order valence-electron chi connectivity index (χ2n) is 5.12. The third kappa shape index (κ3) is 4.08. The SMILES string of the molecule is O=C(N/N=C\c1ccccc1Cl)c1cccc(Cn2cccn2)c1. The Bertz CT molecular complexity index is 859. The van der Waals surface area contributed by atoms with E-state index in [1.54, 1.807) is 23.0 Å². The number of nitrogens with one attached hydrogen (secondary N) is 1. The minimum Gasteiger partial charge on any atom is -0.268 e. The normalized spacial score (nSPS) is 10.9. The summed E-state index contributed by atoms with van der Waals surface area (Å²) in [6.07, 6.45) is 5.12. The van der Waals surface area contributed by atoms with E-state index in [1.165, 1.54) is 6.21 Å². The minimum absolute atomic E-state index is 0.277. The minimum atomic E-state index is -0.277. The van der Waals surface area contributed by atoms with Crippen LogP contribution in [0.4, 0.5) is 0 Å². The summed E-state index contributed by atoms with van der Waals surface area (Å²) in [7, 11) is 0. The molecular weight excluding hydrogens is 324 g/mol. The van der Waals surface area contributed by atoms with Gasteiger partial charge in [0.05, 0.1) is 12.8 Å². The van der Waals surface area contributed by atoms with Gasteiger partial charge in [0.1, 0.15) is 0 Å². The zero-order valence-electron chi connectivity index (χ0n) is 12.8. The molecule has 0 spiro atoms. The first-order valence-electron chi connectivity index (χ1n) is 7.37. The summed E-state index contributed by atoms with van der Waals surface area (Å²) in [4.78, 5) is 12.2. The van der Waals surface area contributed by atoms with Crippen LogP contribution in [0.1, 0.15) is 21.5 Å². The number of carbonyl (C=O) groups excluding carboxylic acids is 1. The van der Waals surface area contributed by atoms with E-state index in [-0.39, 0.29) is 5.91 Å². The quantitative estimate of drug-likeness (QED) is 0.573. The number of hydrogen-bond acceptors (Lipinski definition) is 3. The molecule has 3 rings (SSSR count). The van der Waals surface area contributed by atoms with E-state index in [0.717, 1.165) is 11.1 Å². The summed E-state index contributed by atoms with van der Waals surface area (Å²) in [5.74, 6) is -0.277. The largest absolute Gasteiger partial charge is 0.271 e. The molecule has 0 saturated carbocycles. The number of rotatable bonds is 5. The van der Waals surface area contributed by atoms with Crippen molar-refractivity contribution in [2.45, 2.75) is 6.54 Å². The Morgan fingerprint density at radius 2 is 2.08 bits per heavy atom. The standard InChI is InChI=1S/C18H15ClN4O/c19-17-8-2-1-6-16(17)12-20-22-18(24)15-7-3-5-14(11-15)13-23-10-4-9-21-23/h1-12H,13H2,(H,22,24)/b20-12-. The summed E-state index contributed by atoms with van der Waals surface area (Å²) in [5.41, 5.74) is 4.78. The Labute approximate surface area is 144 Å². The van der Waals surface area contributed by atoms with E-state index >= 15 is 0 Å². The zero-order valence-corrected chi connectivity index (χ0v) is 13.5. The van der Waals surface area contributed by atoms with Crippen LogP contribution in [0.2, 0.25) is 5.02 Å². The first-order valence-corrected chi connectivity index (χ1v) is 7.74.